The van der Waals surface area contributed by atoms with E-state index in [9.17, 15) is 31.1 Å². The molecule has 1 aliphatic carbocycles. The van der Waals surface area contributed by atoms with Gasteiger partial charge in [-0.2, -0.15) is 26.3 Å². The van der Waals surface area contributed by atoms with Gasteiger partial charge in [-0.15, -0.1) is 0 Å². The summed E-state index contributed by atoms with van der Waals surface area (Å²) in [4.78, 5) is 12.7. The summed E-state index contributed by atoms with van der Waals surface area (Å²) in [6.07, 6.45) is -7.99. The predicted octanol–water partition coefficient (Wildman–Crippen LogP) is 5.64. The van der Waals surface area contributed by atoms with Crippen molar-refractivity contribution in [2.24, 2.45) is 0 Å². The van der Waals surface area contributed by atoms with E-state index in [1.807, 2.05) is 0 Å². The van der Waals surface area contributed by atoms with Crippen LogP contribution in [0.25, 0.3) is 11.5 Å². The normalized spacial score (nSPS) is 15.8. The first-order valence-corrected chi connectivity index (χ1v) is 8.61. The van der Waals surface area contributed by atoms with E-state index in [0.29, 0.717) is 30.7 Å². The molecular weight excluding hydrogens is 418 g/mol. The smallest absolute Gasteiger partial charge is 0.416 e. The van der Waals surface area contributed by atoms with Gasteiger partial charge in [0.15, 0.2) is 5.76 Å². The Balaban J connectivity index is 1.62. The molecule has 1 fully saturated rings. The summed E-state index contributed by atoms with van der Waals surface area (Å²) < 4.78 is 88.4. The first-order valence-electron chi connectivity index (χ1n) is 8.61. The molecule has 2 aromatic heterocycles. The van der Waals surface area contributed by atoms with Crippen LogP contribution < -0.4 is 5.32 Å². The maximum atomic E-state index is 13.0. The quantitative estimate of drug-likeness (QED) is 0.544. The number of aromatic nitrogens is 1. The van der Waals surface area contributed by atoms with E-state index >= 15 is 0 Å². The van der Waals surface area contributed by atoms with Gasteiger partial charge in [0.05, 0.1) is 28.5 Å². The minimum absolute atomic E-state index is 0.00415. The summed E-state index contributed by atoms with van der Waals surface area (Å²) in [5.41, 5.74) is -4.61. The number of rotatable bonds is 4. The molecule has 0 aliphatic heterocycles. The van der Waals surface area contributed by atoms with Crippen molar-refractivity contribution in [1.29, 1.82) is 0 Å². The van der Waals surface area contributed by atoms with Crippen LogP contribution in [0.1, 0.15) is 29.7 Å². The van der Waals surface area contributed by atoms with Crippen LogP contribution in [0.2, 0.25) is 0 Å². The number of alkyl halides is 6. The molecule has 4 rings (SSSR count). The Bertz CT molecular complexity index is 1050. The van der Waals surface area contributed by atoms with Crippen molar-refractivity contribution in [3.8, 4) is 11.5 Å². The largest absolute Gasteiger partial charge is 0.461 e. The Hall–Kier alpha value is -3.24. The Morgan fingerprint density at radius 2 is 1.60 bits per heavy atom. The van der Waals surface area contributed by atoms with Gasteiger partial charge in [-0.3, -0.25) is 4.79 Å². The molecule has 1 N–H and O–H groups in total. The van der Waals surface area contributed by atoms with Gasteiger partial charge in [0.2, 0.25) is 11.7 Å². The van der Waals surface area contributed by atoms with E-state index in [-0.39, 0.29) is 17.5 Å². The molecule has 1 aliphatic rings. The molecule has 0 radical (unpaired) electrons. The van der Waals surface area contributed by atoms with Gasteiger partial charge in [-0.05, 0) is 43.2 Å². The molecule has 158 valence electrons. The van der Waals surface area contributed by atoms with E-state index in [0.717, 1.165) is 0 Å². The summed E-state index contributed by atoms with van der Waals surface area (Å²) in [5, 5.41) is 5.99. The minimum atomic E-state index is -5.01. The molecule has 0 unspecified atom stereocenters. The van der Waals surface area contributed by atoms with Crippen LogP contribution in [0.5, 0.6) is 0 Å². The van der Waals surface area contributed by atoms with Crippen LogP contribution in [-0.4, -0.2) is 11.1 Å². The second kappa shape index (κ2) is 6.64. The number of carbonyl (C=O) groups excluding carboxylic acids is 1. The van der Waals surface area contributed by atoms with Crippen molar-refractivity contribution < 1.29 is 40.1 Å². The number of benzene rings is 1. The third kappa shape index (κ3) is 3.66. The number of anilines is 1. The number of halogens is 6. The Labute approximate surface area is 164 Å². The molecular formula is C19H12F6N2O3. The maximum Gasteiger partial charge on any atom is 0.416 e. The minimum Gasteiger partial charge on any atom is -0.461 e. The van der Waals surface area contributed by atoms with Gasteiger partial charge in [0, 0.05) is 11.8 Å². The molecule has 1 aromatic carbocycles. The maximum absolute atomic E-state index is 13.0. The molecule has 0 spiro atoms. The van der Waals surface area contributed by atoms with Gasteiger partial charge >= 0.3 is 12.4 Å². The molecule has 0 atom stereocenters. The fourth-order valence-electron chi connectivity index (χ4n) is 3.04. The molecule has 1 saturated carbocycles. The van der Waals surface area contributed by atoms with E-state index in [1.54, 1.807) is 12.1 Å². The highest BCUT2D eigenvalue weighted by molar-refractivity contribution is 6.01. The number of hydrogen-bond donors (Lipinski definition) is 1. The molecule has 3 aromatic rings. The SMILES string of the molecule is O=C(Nc1cc(C(F)(F)F)cc(C(F)(F)F)c1)C1(c2cc(-c3ccco3)on2)CC1. The van der Waals surface area contributed by atoms with Gasteiger partial charge in [-0.25, -0.2) is 0 Å². The first-order chi connectivity index (χ1) is 14.0. The Kier molecular flexibility index (Phi) is 4.44. The van der Waals surface area contributed by atoms with Crippen LogP contribution in [0.3, 0.4) is 0 Å². The fraction of sp³-hybridized carbons (Fsp3) is 0.263. The molecule has 0 saturated heterocycles. The molecule has 5 nitrogen and oxygen atoms in total. The van der Waals surface area contributed by atoms with Crippen molar-refractivity contribution in [2.45, 2.75) is 30.6 Å². The average molecular weight is 430 g/mol. The van der Waals surface area contributed by atoms with Gasteiger partial charge in [0.1, 0.15) is 0 Å². The summed E-state index contributed by atoms with van der Waals surface area (Å²) in [6, 6.07) is 5.59. The third-order valence-corrected chi connectivity index (χ3v) is 4.79. The highest BCUT2D eigenvalue weighted by Gasteiger charge is 2.54. The second-order valence-electron chi connectivity index (χ2n) is 6.88. The Morgan fingerprint density at radius 3 is 2.10 bits per heavy atom. The number of hydrogen-bond acceptors (Lipinski definition) is 4. The van der Waals surface area contributed by atoms with Crippen LogP contribution >= 0.6 is 0 Å². The highest BCUT2D eigenvalue weighted by Crippen LogP contribution is 2.49. The van der Waals surface area contributed by atoms with Crippen molar-refractivity contribution in [1.82, 2.24) is 5.16 Å². The topological polar surface area (TPSA) is 68.3 Å². The standard InChI is InChI=1S/C19H12F6N2O3/c20-18(21,22)10-6-11(19(23,24)25)8-12(7-10)26-16(28)17(3-4-17)15-9-14(30-27-15)13-2-1-5-29-13/h1-2,5-9H,3-4H2,(H,26,28). The van der Waals surface area contributed by atoms with E-state index in [2.05, 4.69) is 10.5 Å². The van der Waals surface area contributed by atoms with Crippen LogP contribution in [0, 0.1) is 0 Å². The second-order valence-corrected chi connectivity index (χ2v) is 6.88. The highest BCUT2D eigenvalue weighted by atomic mass is 19.4. The Morgan fingerprint density at radius 1 is 0.967 bits per heavy atom. The van der Waals surface area contributed by atoms with E-state index in [4.69, 9.17) is 8.94 Å². The molecule has 2 heterocycles. The van der Waals surface area contributed by atoms with Gasteiger partial charge in [0.25, 0.3) is 0 Å². The number of furan rings is 1. The van der Waals surface area contributed by atoms with Crippen molar-refractivity contribution in [2.75, 3.05) is 5.32 Å². The zero-order chi connectivity index (χ0) is 21.7. The lowest BCUT2D eigenvalue weighted by Crippen LogP contribution is -2.28. The zero-order valence-electron chi connectivity index (χ0n) is 14.9. The third-order valence-electron chi connectivity index (χ3n) is 4.79. The van der Waals surface area contributed by atoms with Crippen molar-refractivity contribution in [3.05, 3.63) is 59.5 Å². The summed E-state index contributed by atoms with van der Waals surface area (Å²) in [7, 11) is 0. The van der Waals surface area contributed by atoms with Crippen molar-refractivity contribution in [3.63, 3.8) is 0 Å². The van der Waals surface area contributed by atoms with Crippen molar-refractivity contribution >= 4 is 11.6 Å². The molecule has 0 bridgehead atoms. The van der Waals surface area contributed by atoms with E-state index in [1.165, 1.54) is 12.3 Å². The fourth-order valence-corrected chi connectivity index (χ4v) is 3.04. The van der Waals surface area contributed by atoms with Crippen LogP contribution in [0.4, 0.5) is 32.0 Å². The van der Waals surface area contributed by atoms with E-state index < -0.39 is 40.5 Å². The number of nitrogens with one attached hydrogen (secondary N) is 1. The summed E-state index contributed by atoms with van der Waals surface area (Å²) in [5.74, 6) is -0.167. The lowest BCUT2D eigenvalue weighted by atomic mass is 10.0. The van der Waals surface area contributed by atoms with Crippen LogP contribution in [0.15, 0.2) is 51.6 Å². The predicted molar refractivity (Wildman–Crippen MR) is 90.2 cm³/mol. The zero-order valence-corrected chi connectivity index (χ0v) is 14.9. The first kappa shape index (κ1) is 20.0. The monoisotopic (exact) mass is 430 g/mol. The van der Waals surface area contributed by atoms with Gasteiger partial charge in [-0.1, -0.05) is 5.16 Å². The summed E-state index contributed by atoms with van der Waals surface area (Å²) >= 11 is 0. The van der Waals surface area contributed by atoms with Gasteiger partial charge < -0.3 is 14.3 Å². The number of nitrogens with zero attached hydrogens (tertiary/aromatic N) is 1. The lowest BCUT2D eigenvalue weighted by molar-refractivity contribution is -0.143. The van der Waals surface area contributed by atoms with Crippen LogP contribution in [-0.2, 0) is 22.6 Å². The number of carbonyl (C=O) groups is 1. The lowest BCUT2D eigenvalue weighted by Gasteiger charge is -2.17. The number of amides is 1. The molecule has 1 amide bonds. The molecule has 11 heteroatoms. The summed E-state index contributed by atoms with van der Waals surface area (Å²) in [6.45, 7) is 0. The average Bonchev–Trinajstić information content (AvgIpc) is 3.06. The molecule has 30 heavy (non-hydrogen) atoms.